The van der Waals surface area contributed by atoms with E-state index in [1.165, 1.54) is 0 Å². The van der Waals surface area contributed by atoms with Crippen molar-refractivity contribution in [3.05, 3.63) is 0 Å². The molecule has 0 fully saturated rings. The Morgan fingerprint density at radius 3 is 1.38 bits per heavy atom. The zero-order chi connectivity index (χ0) is 13.4. The molecule has 0 aromatic carbocycles. The van der Waals surface area contributed by atoms with E-state index in [9.17, 15) is 0 Å². The minimum absolute atomic E-state index is 0.403. The van der Waals surface area contributed by atoms with Crippen LogP contribution in [0.3, 0.4) is 0 Å². The van der Waals surface area contributed by atoms with E-state index in [1.807, 2.05) is 19.6 Å². The van der Waals surface area contributed by atoms with Crippen molar-refractivity contribution >= 4 is 16.9 Å². The first-order chi connectivity index (χ1) is 7.10. The number of hydrogen-bond donors (Lipinski definition) is 6. The van der Waals surface area contributed by atoms with E-state index in [0.717, 1.165) is 0 Å². The van der Waals surface area contributed by atoms with Crippen LogP contribution in [0.4, 0.5) is 0 Å². The first-order valence-electron chi connectivity index (χ1n) is 4.58. The number of nitrogens with two attached hydrogens (primary N) is 1. The fourth-order valence-electron chi connectivity index (χ4n) is 0.395. The second-order valence-corrected chi connectivity index (χ2v) is 9.75. The van der Waals surface area contributed by atoms with Crippen LogP contribution in [0, 0.1) is 0 Å². The van der Waals surface area contributed by atoms with Crippen LogP contribution in [0.15, 0.2) is 0 Å². The first-order valence-corrected chi connectivity index (χ1v) is 9.16. The van der Waals surface area contributed by atoms with Gasteiger partial charge in [0, 0.05) is 0 Å². The number of aliphatic hydroxyl groups excluding tert-OH is 3. The predicted octanol–water partition coefficient (Wildman–Crippen LogP) is -1.29. The normalized spacial score (nSPS) is 12.4. The minimum Gasteiger partial charge on any atom is -0.394 e. The molecular weight excluding hydrogens is 253 g/mol. The average molecular weight is 275 g/mol. The summed E-state index contributed by atoms with van der Waals surface area (Å²) in [7, 11) is -3.82. The second kappa shape index (κ2) is 8.46. The van der Waals surface area contributed by atoms with Crippen molar-refractivity contribution in [1.82, 2.24) is 0 Å². The van der Waals surface area contributed by atoms with Gasteiger partial charge in [0.2, 0.25) is 0 Å². The Labute approximate surface area is 97.6 Å². The molecule has 7 nitrogen and oxygen atoms in total. The Kier molecular flexibility index (Phi) is 9.90. The summed E-state index contributed by atoms with van der Waals surface area (Å²) in [5.74, 6) is 0. The Bertz CT molecular complexity index is 164. The number of hydrogen-bond acceptors (Lipinski definition) is 7. The lowest BCUT2D eigenvalue weighted by molar-refractivity contribution is 0.0697. The standard InChI is InChI=1S/C4H11NO3.C3H11O3PSi/c5-4(1-6,2-7)3-8;1-8(2,3)6-7(4)5/h6-8H,1-3,5H2;4-5H,1-3H3. The molecule has 7 N–H and O–H groups in total. The lowest BCUT2D eigenvalue weighted by Gasteiger charge is -2.20. The summed E-state index contributed by atoms with van der Waals surface area (Å²) in [5.41, 5.74) is 3.94. The molecule has 0 aromatic heterocycles. The van der Waals surface area contributed by atoms with E-state index in [-0.39, 0.29) is 0 Å². The van der Waals surface area contributed by atoms with Gasteiger partial charge in [-0.3, -0.25) is 0 Å². The Hall–Kier alpha value is 0.367. The van der Waals surface area contributed by atoms with Gasteiger partial charge < -0.3 is 35.1 Å². The monoisotopic (exact) mass is 275 g/mol. The van der Waals surface area contributed by atoms with E-state index in [2.05, 4.69) is 0 Å². The second-order valence-electron chi connectivity index (χ2n) is 4.29. The van der Waals surface area contributed by atoms with Crippen LogP contribution in [0.2, 0.25) is 19.6 Å². The molecule has 0 spiro atoms. The zero-order valence-electron chi connectivity index (χ0n) is 9.79. The third kappa shape index (κ3) is 12.4. The quantitative estimate of drug-likeness (QED) is 0.271. The largest absolute Gasteiger partial charge is 0.394 e. The lowest BCUT2D eigenvalue weighted by Crippen LogP contribution is -2.50. The van der Waals surface area contributed by atoms with Crippen molar-refractivity contribution < 1.29 is 29.3 Å². The fraction of sp³-hybridized carbons (Fsp3) is 1.00. The molecule has 0 saturated carbocycles. The maximum absolute atomic E-state index is 8.34. The van der Waals surface area contributed by atoms with Crippen LogP contribution in [0.25, 0.3) is 0 Å². The van der Waals surface area contributed by atoms with Crippen molar-refractivity contribution in [2.75, 3.05) is 19.8 Å². The summed E-state index contributed by atoms with van der Waals surface area (Å²) < 4.78 is 4.75. The maximum atomic E-state index is 8.34. The molecule has 100 valence electrons. The molecule has 0 aliphatic carbocycles. The SMILES string of the molecule is C[Si](C)(C)OP(O)O.NC(CO)(CO)CO. The fourth-order valence-corrected chi connectivity index (χ4v) is 2.35. The van der Waals surface area contributed by atoms with Crippen LogP contribution in [0.5, 0.6) is 0 Å². The molecule has 0 aliphatic heterocycles. The summed E-state index contributed by atoms with van der Waals surface area (Å²) in [4.78, 5) is 16.6. The number of aliphatic hydroxyl groups is 3. The van der Waals surface area contributed by atoms with Gasteiger partial charge in [0.15, 0.2) is 8.32 Å². The van der Waals surface area contributed by atoms with Gasteiger partial charge in [-0.2, -0.15) is 0 Å². The molecular formula is C7H22NO6PSi. The van der Waals surface area contributed by atoms with E-state index in [1.54, 1.807) is 0 Å². The van der Waals surface area contributed by atoms with Gasteiger partial charge in [0.05, 0.1) is 25.4 Å². The highest BCUT2D eigenvalue weighted by atomic mass is 31.2. The van der Waals surface area contributed by atoms with E-state index in [4.69, 9.17) is 35.1 Å². The Morgan fingerprint density at radius 1 is 1.06 bits per heavy atom. The molecule has 0 aromatic rings. The third-order valence-corrected chi connectivity index (χ3v) is 4.14. The van der Waals surface area contributed by atoms with Gasteiger partial charge >= 0.3 is 8.60 Å². The molecule has 0 atom stereocenters. The van der Waals surface area contributed by atoms with Gasteiger partial charge in [-0.05, 0) is 19.6 Å². The lowest BCUT2D eigenvalue weighted by atomic mass is 10.1. The van der Waals surface area contributed by atoms with Gasteiger partial charge in [-0.25, -0.2) is 0 Å². The van der Waals surface area contributed by atoms with E-state index < -0.39 is 42.3 Å². The van der Waals surface area contributed by atoms with Gasteiger partial charge in [-0.1, -0.05) is 0 Å². The molecule has 0 radical (unpaired) electrons. The highest BCUT2D eigenvalue weighted by molar-refractivity contribution is 7.41. The predicted molar refractivity (Wildman–Crippen MR) is 64.0 cm³/mol. The van der Waals surface area contributed by atoms with Crippen LogP contribution in [-0.4, -0.2) is 58.8 Å². The Balaban J connectivity index is 0. The van der Waals surface area contributed by atoms with Crippen molar-refractivity contribution in [1.29, 1.82) is 0 Å². The highest BCUT2D eigenvalue weighted by Crippen LogP contribution is 2.29. The molecule has 0 rings (SSSR count). The molecule has 9 heteroatoms. The summed E-state index contributed by atoms with van der Waals surface area (Å²) in [5, 5.41) is 25.0. The van der Waals surface area contributed by atoms with E-state index in [0.29, 0.717) is 0 Å². The van der Waals surface area contributed by atoms with Crippen LogP contribution in [0.1, 0.15) is 0 Å². The molecule has 0 heterocycles. The topological polar surface area (TPSA) is 136 Å². The Morgan fingerprint density at radius 2 is 1.38 bits per heavy atom. The maximum Gasteiger partial charge on any atom is 0.316 e. The first kappa shape index (κ1) is 18.7. The van der Waals surface area contributed by atoms with Gasteiger partial charge in [0.25, 0.3) is 0 Å². The third-order valence-electron chi connectivity index (χ3n) is 1.30. The van der Waals surface area contributed by atoms with Crippen LogP contribution in [-0.2, 0) is 4.21 Å². The summed E-state index contributed by atoms with van der Waals surface area (Å²) in [6.07, 6.45) is 0. The molecule has 0 unspecified atom stereocenters. The van der Waals surface area contributed by atoms with Crippen LogP contribution < -0.4 is 5.73 Å². The van der Waals surface area contributed by atoms with E-state index >= 15 is 0 Å². The molecule has 0 aliphatic rings. The van der Waals surface area contributed by atoms with Gasteiger partial charge in [0.1, 0.15) is 0 Å². The molecule has 16 heavy (non-hydrogen) atoms. The van der Waals surface area contributed by atoms with Gasteiger partial charge in [-0.15, -0.1) is 0 Å². The molecule has 0 saturated heterocycles. The summed E-state index contributed by atoms with van der Waals surface area (Å²) in [6, 6.07) is 0. The smallest absolute Gasteiger partial charge is 0.316 e. The van der Waals surface area contributed by atoms with Crippen LogP contribution >= 0.6 is 8.60 Å². The van der Waals surface area contributed by atoms with Crippen molar-refractivity contribution in [3.63, 3.8) is 0 Å². The van der Waals surface area contributed by atoms with Crippen molar-refractivity contribution in [2.24, 2.45) is 5.73 Å². The summed E-state index contributed by atoms with van der Waals surface area (Å²) in [6.45, 7) is 4.48. The molecule has 0 bridgehead atoms. The zero-order valence-corrected chi connectivity index (χ0v) is 11.7. The van der Waals surface area contributed by atoms with Crippen molar-refractivity contribution in [3.8, 4) is 0 Å². The minimum atomic E-state index is -2.13. The molecule has 0 amide bonds. The average Bonchev–Trinajstić information content (AvgIpc) is 2.14. The van der Waals surface area contributed by atoms with Crippen molar-refractivity contribution in [2.45, 2.75) is 25.2 Å². The number of rotatable bonds is 5. The summed E-state index contributed by atoms with van der Waals surface area (Å²) >= 11 is 0. The highest BCUT2D eigenvalue weighted by Gasteiger charge is 2.20.